The zero-order valence-corrected chi connectivity index (χ0v) is 33.1. The first kappa shape index (κ1) is 43.4. The lowest BCUT2D eigenvalue weighted by molar-refractivity contribution is 0.0997. The third kappa shape index (κ3) is 8.76. The van der Waals surface area contributed by atoms with Gasteiger partial charge in [-0.15, -0.1) is 20.5 Å². The van der Waals surface area contributed by atoms with Gasteiger partial charge in [0.05, 0.1) is 28.8 Å². The van der Waals surface area contributed by atoms with Crippen LogP contribution in [0, 0.1) is 13.8 Å². The van der Waals surface area contributed by atoms with Gasteiger partial charge in [-0.3, -0.25) is 27.8 Å². The molecule has 0 aliphatic heterocycles. The molecule has 0 fully saturated rings. The minimum atomic E-state index is -5.20. The zero-order chi connectivity index (χ0) is 43.9. The second kappa shape index (κ2) is 15.9. The van der Waals surface area contributed by atoms with Crippen LogP contribution in [-0.2, 0) is 36.9 Å². The molecule has 8 N–H and O–H groups in total. The Balaban J connectivity index is 1.53. The number of phenols is 2. The Morgan fingerprint density at radius 2 is 1.36 bits per heavy atom. The lowest BCUT2D eigenvalue weighted by Crippen LogP contribution is -2.30. The molecule has 5 rings (SSSR count). The van der Waals surface area contributed by atoms with E-state index in [1.807, 2.05) is 0 Å². The van der Waals surface area contributed by atoms with Crippen molar-refractivity contribution in [3.63, 3.8) is 0 Å². The van der Waals surface area contributed by atoms with Crippen LogP contribution >= 0.6 is 0 Å². The number of amides is 1. The highest BCUT2D eigenvalue weighted by Gasteiger charge is 2.26. The van der Waals surface area contributed by atoms with Crippen LogP contribution < -0.4 is 16.0 Å². The van der Waals surface area contributed by atoms with Gasteiger partial charge in [0.15, 0.2) is 5.75 Å². The van der Waals surface area contributed by atoms with Crippen LogP contribution in [0.2, 0.25) is 0 Å². The Hall–Kier alpha value is -6.71. The number of hydrogen-bond acceptors (Lipinski definition) is 18. The Morgan fingerprint density at radius 1 is 0.746 bits per heavy atom. The molecule has 0 unspecified atom stereocenters. The number of aromatic hydroxyl groups is 3. The number of benzene rings is 4. The topological polar surface area (TPSA) is 372 Å². The summed E-state index contributed by atoms with van der Waals surface area (Å²) in [7, 11) is -13.9. The van der Waals surface area contributed by atoms with Crippen molar-refractivity contribution in [2.75, 3.05) is 7.11 Å². The average molecular weight is 875 g/mol. The van der Waals surface area contributed by atoms with Gasteiger partial charge in [0, 0.05) is 24.2 Å². The number of primary amides is 1. The lowest BCUT2D eigenvalue weighted by Gasteiger charge is -2.12. The summed E-state index contributed by atoms with van der Waals surface area (Å²) in [5, 5.41) is 54.5. The number of carbonyl (C=O) groups excluding carboxylic acids is 1. The van der Waals surface area contributed by atoms with Crippen molar-refractivity contribution in [2.24, 2.45) is 36.4 Å². The number of pyridine rings is 1. The standard InChI is InChI=1S/C33H30N8O15S3/c1-5-41-32(45)26(31(34)44)15(3)28(33(41)46)39-35-17-6-7-19(24(11-17)58(50,51)52)36-37-20-13-23(56-4)21(8-14(20)2)38-40-29-25(59(53,54)55)10-16-9-18(57(47,48)49)12-22(42)27(16)30(29)43/h6-13,42-43,46H,5H2,1-4H3,(H2,34,44)(H,47,48,49)(H,50,51,52)(H,53,54,55). The normalized spacial score (nSPS) is 12.7. The molecule has 0 saturated heterocycles. The smallest absolute Gasteiger partial charge is 0.296 e. The molecule has 0 bridgehead atoms. The van der Waals surface area contributed by atoms with E-state index in [4.69, 9.17) is 10.5 Å². The first-order valence-electron chi connectivity index (χ1n) is 16.2. The fraction of sp³-hybridized carbons (Fsp3) is 0.152. The summed E-state index contributed by atoms with van der Waals surface area (Å²) in [5.41, 5.74) is 2.36. The largest absolute Gasteiger partial charge is 0.507 e. The number of nitrogens with zero attached hydrogens (tertiary/aromatic N) is 7. The van der Waals surface area contributed by atoms with Crippen LogP contribution in [0.3, 0.4) is 0 Å². The van der Waals surface area contributed by atoms with Crippen molar-refractivity contribution < 1.29 is 63.8 Å². The van der Waals surface area contributed by atoms with Crippen LogP contribution in [0.25, 0.3) is 10.8 Å². The maximum absolute atomic E-state index is 12.6. The summed E-state index contributed by atoms with van der Waals surface area (Å²) in [6.07, 6.45) is 0. The molecule has 1 aromatic heterocycles. The van der Waals surface area contributed by atoms with E-state index in [-0.39, 0.29) is 51.9 Å². The van der Waals surface area contributed by atoms with Crippen molar-refractivity contribution >= 4 is 81.2 Å². The highest BCUT2D eigenvalue weighted by atomic mass is 32.2. The highest BCUT2D eigenvalue weighted by Crippen LogP contribution is 2.46. The van der Waals surface area contributed by atoms with Crippen LogP contribution in [0.1, 0.15) is 28.4 Å². The van der Waals surface area contributed by atoms with E-state index in [0.29, 0.717) is 12.1 Å². The number of nitrogens with two attached hydrogens (primary N) is 1. The number of azo groups is 3. The van der Waals surface area contributed by atoms with Gasteiger partial charge in [-0.2, -0.15) is 35.5 Å². The molecule has 26 heteroatoms. The maximum atomic E-state index is 12.6. The summed E-state index contributed by atoms with van der Waals surface area (Å²) in [5.74, 6) is -3.77. The van der Waals surface area contributed by atoms with E-state index in [0.717, 1.165) is 22.8 Å². The van der Waals surface area contributed by atoms with E-state index in [1.165, 1.54) is 46.1 Å². The number of rotatable bonds is 12. The molecule has 0 spiro atoms. The number of fused-ring (bicyclic) bond motifs is 1. The number of phenolic OH excluding ortho intramolecular Hbond substituents is 2. The van der Waals surface area contributed by atoms with Gasteiger partial charge in [-0.05, 0) is 68.1 Å². The molecule has 310 valence electrons. The van der Waals surface area contributed by atoms with Crippen LogP contribution in [0.4, 0.5) is 34.1 Å². The number of hydrogen-bond donors (Lipinski definition) is 7. The molecule has 23 nitrogen and oxygen atoms in total. The molecule has 0 saturated carbocycles. The molecule has 0 atom stereocenters. The first-order valence-corrected chi connectivity index (χ1v) is 20.5. The molecule has 1 amide bonds. The molecule has 0 aliphatic carbocycles. The zero-order valence-electron chi connectivity index (χ0n) is 30.6. The van der Waals surface area contributed by atoms with Gasteiger partial charge in [-0.1, -0.05) is 0 Å². The summed E-state index contributed by atoms with van der Waals surface area (Å²) in [4.78, 5) is 21.9. The molecular formula is C33H30N8O15S3. The van der Waals surface area contributed by atoms with Crippen LogP contribution in [0.15, 0.2) is 98.7 Å². The molecule has 0 radical (unpaired) electrons. The third-order valence-corrected chi connectivity index (χ3v) is 11.0. The molecule has 59 heavy (non-hydrogen) atoms. The Kier molecular flexibility index (Phi) is 11.7. The van der Waals surface area contributed by atoms with E-state index >= 15 is 0 Å². The van der Waals surface area contributed by atoms with Gasteiger partial charge < -0.3 is 25.8 Å². The van der Waals surface area contributed by atoms with Gasteiger partial charge in [0.25, 0.3) is 41.8 Å². The van der Waals surface area contributed by atoms with E-state index in [2.05, 4.69) is 30.7 Å². The molecular weight excluding hydrogens is 845 g/mol. The number of carbonyl (C=O) groups is 1. The van der Waals surface area contributed by atoms with Gasteiger partial charge in [-0.25, -0.2) is 0 Å². The lowest BCUT2D eigenvalue weighted by atomic mass is 10.1. The van der Waals surface area contributed by atoms with Crippen molar-refractivity contribution in [1.29, 1.82) is 0 Å². The number of methoxy groups -OCH3 is 1. The quantitative estimate of drug-likeness (QED) is 0.0571. The Morgan fingerprint density at radius 3 is 1.93 bits per heavy atom. The number of aromatic nitrogens is 1. The summed E-state index contributed by atoms with van der Waals surface area (Å²) in [6, 6.07) is 7.74. The molecule has 4 aromatic carbocycles. The average Bonchev–Trinajstić information content (AvgIpc) is 3.12. The van der Waals surface area contributed by atoms with Gasteiger partial charge >= 0.3 is 0 Å². The van der Waals surface area contributed by atoms with Gasteiger partial charge in [0.2, 0.25) is 5.88 Å². The summed E-state index contributed by atoms with van der Waals surface area (Å²) < 4.78 is 108. The number of ether oxygens (including phenoxy) is 1. The fourth-order valence-electron chi connectivity index (χ4n) is 5.57. The summed E-state index contributed by atoms with van der Waals surface area (Å²) >= 11 is 0. The van der Waals surface area contributed by atoms with Crippen molar-refractivity contribution in [2.45, 2.75) is 42.0 Å². The number of aryl methyl sites for hydroxylation is 1. The highest BCUT2D eigenvalue weighted by molar-refractivity contribution is 7.86. The van der Waals surface area contributed by atoms with E-state index in [1.54, 1.807) is 0 Å². The molecule has 5 aromatic rings. The van der Waals surface area contributed by atoms with Crippen molar-refractivity contribution in [3.05, 3.63) is 75.6 Å². The van der Waals surface area contributed by atoms with Crippen LogP contribution in [-0.4, -0.2) is 71.8 Å². The SMILES string of the molecule is CCn1c(O)c(N=Nc2ccc(N=Nc3cc(OC)c(N=Nc4c(S(=O)(=O)O)cc5cc(S(=O)(=O)O)cc(O)c5c4O)cc3C)c(S(=O)(=O)O)c2)c(C)c(C(N)=O)c1=O. The second-order valence-corrected chi connectivity index (χ2v) is 16.4. The second-order valence-electron chi connectivity index (χ2n) is 12.2. The first-order chi connectivity index (χ1) is 27.4. The van der Waals surface area contributed by atoms with Crippen LogP contribution in [0.5, 0.6) is 23.1 Å². The third-order valence-electron chi connectivity index (χ3n) is 8.41. The predicted molar refractivity (Wildman–Crippen MR) is 205 cm³/mol. The molecule has 1 heterocycles. The minimum Gasteiger partial charge on any atom is -0.507 e. The van der Waals surface area contributed by atoms with E-state index in [9.17, 15) is 63.8 Å². The van der Waals surface area contributed by atoms with Crippen molar-refractivity contribution in [1.82, 2.24) is 4.57 Å². The maximum Gasteiger partial charge on any atom is 0.296 e. The fourth-order valence-corrected chi connectivity index (χ4v) is 7.41. The molecule has 0 aliphatic rings. The Labute approximate surface area is 332 Å². The summed E-state index contributed by atoms with van der Waals surface area (Å²) in [6.45, 7) is 4.24. The van der Waals surface area contributed by atoms with Crippen molar-refractivity contribution in [3.8, 4) is 23.1 Å². The van der Waals surface area contributed by atoms with Gasteiger partial charge in [0.1, 0.15) is 49.6 Å². The van der Waals surface area contributed by atoms with E-state index < -0.39 is 95.9 Å². The minimum absolute atomic E-state index is 0.0415. The monoisotopic (exact) mass is 874 g/mol. The predicted octanol–water partition coefficient (Wildman–Crippen LogP) is 5.85. The Bertz CT molecular complexity index is 3110.